The van der Waals surface area contributed by atoms with Gasteiger partial charge in [0, 0.05) is 42.0 Å². The molecule has 0 atom stereocenters. The van der Waals surface area contributed by atoms with Crippen LogP contribution in [-0.4, -0.2) is 32.4 Å². The highest BCUT2D eigenvalue weighted by Gasteiger charge is 2.05. The molecular weight excluding hydrogens is 400 g/mol. The minimum absolute atomic E-state index is 0.0221. The van der Waals surface area contributed by atoms with E-state index in [4.69, 9.17) is 11.5 Å². The maximum Gasteiger partial charge on any atom is 0.255 e. The van der Waals surface area contributed by atoms with Crippen LogP contribution >= 0.6 is 11.3 Å². The molecule has 3 heterocycles. The molecule has 0 aromatic carbocycles. The Bertz CT molecular complexity index is 1040. The molecular formula is C20H26N8OS. The number of nitrogens with zero attached hydrogens (tertiary/aromatic N) is 4. The third kappa shape index (κ3) is 6.66. The van der Waals surface area contributed by atoms with Crippen LogP contribution in [0.4, 0.5) is 11.1 Å². The zero-order chi connectivity index (χ0) is 21.3. The smallest absolute Gasteiger partial charge is 0.255 e. The van der Waals surface area contributed by atoms with E-state index >= 15 is 0 Å². The number of hydrogen-bond acceptors (Lipinski definition) is 7. The van der Waals surface area contributed by atoms with E-state index in [1.165, 1.54) is 11.3 Å². The molecule has 3 aromatic heterocycles. The molecule has 0 saturated carbocycles. The van der Waals surface area contributed by atoms with Crippen LogP contribution < -0.4 is 22.3 Å². The number of anilines is 1. The third-order valence-electron chi connectivity index (χ3n) is 4.41. The molecule has 30 heavy (non-hydrogen) atoms. The molecule has 10 heteroatoms. The van der Waals surface area contributed by atoms with Gasteiger partial charge in [-0.1, -0.05) is 12.5 Å². The summed E-state index contributed by atoms with van der Waals surface area (Å²) in [6.07, 6.45) is 7.81. The second-order valence-corrected chi connectivity index (χ2v) is 7.80. The second-order valence-electron chi connectivity index (χ2n) is 6.97. The number of thiazole rings is 1. The molecule has 6 N–H and O–H groups in total. The van der Waals surface area contributed by atoms with Gasteiger partial charge in [-0.25, -0.2) is 9.97 Å². The number of aryl methyl sites for hydroxylation is 2. The Morgan fingerprint density at radius 2 is 2.07 bits per heavy atom. The highest BCUT2D eigenvalue weighted by atomic mass is 32.1. The Hall–Kier alpha value is -3.27. The molecule has 0 aliphatic heterocycles. The molecule has 3 aromatic rings. The molecule has 0 saturated heterocycles. The first-order valence-electron chi connectivity index (χ1n) is 9.77. The van der Waals surface area contributed by atoms with Gasteiger partial charge in [0.1, 0.15) is 0 Å². The molecule has 0 bridgehead atoms. The Labute approximate surface area is 178 Å². The maximum absolute atomic E-state index is 12.3. The van der Waals surface area contributed by atoms with Crippen molar-refractivity contribution >= 4 is 28.4 Å². The number of aliphatic imine (C=N–C) groups is 1. The number of unbranched alkanes of at least 4 members (excludes halogenated alkanes) is 2. The Balaban J connectivity index is 1.38. The number of pyridine rings is 1. The number of nitrogens with one attached hydrogen (secondary N) is 2. The van der Waals surface area contributed by atoms with E-state index < -0.39 is 0 Å². The van der Waals surface area contributed by atoms with Gasteiger partial charge < -0.3 is 16.8 Å². The van der Waals surface area contributed by atoms with Crippen LogP contribution in [0.15, 0.2) is 39.7 Å². The molecule has 9 nitrogen and oxygen atoms in total. The van der Waals surface area contributed by atoms with Crippen molar-refractivity contribution in [2.45, 2.75) is 39.0 Å². The summed E-state index contributed by atoms with van der Waals surface area (Å²) < 4.78 is 0. The van der Waals surface area contributed by atoms with E-state index in [0.717, 1.165) is 49.2 Å². The maximum atomic E-state index is 12.3. The van der Waals surface area contributed by atoms with Crippen molar-refractivity contribution in [3.63, 3.8) is 0 Å². The van der Waals surface area contributed by atoms with Crippen molar-refractivity contribution in [3.05, 3.63) is 62.8 Å². The minimum atomic E-state index is -0.131. The Morgan fingerprint density at radius 1 is 1.20 bits per heavy atom. The fourth-order valence-electron chi connectivity index (χ4n) is 2.85. The highest BCUT2D eigenvalue weighted by Crippen LogP contribution is 2.19. The summed E-state index contributed by atoms with van der Waals surface area (Å²) in [6.45, 7) is 2.67. The average molecular weight is 427 g/mol. The topological polar surface area (TPSA) is 148 Å². The van der Waals surface area contributed by atoms with Crippen LogP contribution in [0.2, 0.25) is 0 Å². The Morgan fingerprint density at radius 3 is 2.80 bits per heavy atom. The average Bonchev–Trinajstić information content (AvgIpc) is 3.14. The molecule has 0 amide bonds. The molecule has 0 radical (unpaired) electrons. The van der Waals surface area contributed by atoms with E-state index in [9.17, 15) is 4.79 Å². The summed E-state index contributed by atoms with van der Waals surface area (Å²) in [6, 6.07) is 3.91. The molecule has 0 fully saturated rings. The Kier molecular flexibility index (Phi) is 7.50. The van der Waals surface area contributed by atoms with E-state index in [-0.39, 0.29) is 11.5 Å². The van der Waals surface area contributed by atoms with E-state index in [0.29, 0.717) is 23.1 Å². The lowest BCUT2D eigenvalue weighted by molar-refractivity contribution is 0.690. The highest BCUT2D eigenvalue weighted by molar-refractivity contribution is 7.13. The summed E-state index contributed by atoms with van der Waals surface area (Å²) in [5.41, 5.74) is 14.1. The van der Waals surface area contributed by atoms with Crippen molar-refractivity contribution in [1.82, 2.24) is 19.9 Å². The fraction of sp³-hybridized carbons (Fsp3) is 0.350. The number of H-pyrrole nitrogens is 1. The van der Waals surface area contributed by atoms with E-state index in [2.05, 4.69) is 30.2 Å². The van der Waals surface area contributed by atoms with Gasteiger partial charge in [-0.05, 0) is 37.8 Å². The lowest BCUT2D eigenvalue weighted by Gasteiger charge is -2.06. The van der Waals surface area contributed by atoms with Gasteiger partial charge in [-0.3, -0.25) is 14.8 Å². The number of guanidine groups is 1. The van der Waals surface area contributed by atoms with Gasteiger partial charge >= 0.3 is 0 Å². The number of aromatic amines is 1. The normalized spacial score (nSPS) is 10.7. The van der Waals surface area contributed by atoms with Crippen LogP contribution in [0, 0.1) is 6.92 Å². The van der Waals surface area contributed by atoms with Crippen molar-refractivity contribution in [3.8, 4) is 0 Å². The summed E-state index contributed by atoms with van der Waals surface area (Å²) in [7, 11) is 0. The summed E-state index contributed by atoms with van der Waals surface area (Å²) in [5, 5.41) is 5.73. The minimum Gasteiger partial charge on any atom is -0.370 e. The third-order valence-corrected chi connectivity index (χ3v) is 5.19. The summed E-state index contributed by atoms with van der Waals surface area (Å²) in [5.74, 6) is 0.515. The van der Waals surface area contributed by atoms with Crippen LogP contribution in [0.5, 0.6) is 0 Å². The predicted octanol–water partition coefficient (Wildman–Crippen LogP) is 2.25. The zero-order valence-corrected chi connectivity index (χ0v) is 17.7. The summed E-state index contributed by atoms with van der Waals surface area (Å²) in [4.78, 5) is 32.0. The first-order chi connectivity index (χ1) is 14.5. The predicted molar refractivity (Wildman–Crippen MR) is 120 cm³/mol. The molecule has 0 unspecified atom stereocenters. The van der Waals surface area contributed by atoms with E-state index in [1.54, 1.807) is 12.4 Å². The fourth-order valence-corrected chi connectivity index (χ4v) is 3.59. The van der Waals surface area contributed by atoms with Gasteiger partial charge in [0.05, 0.1) is 5.69 Å². The molecule has 0 aliphatic rings. The molecule has 0 spiro atoms. The molecule has 158 valence electrons. The van der Waals surface area contributed by atoms with Gasteiger partial charge in [-0.15, -0.1) is 11.3 Å². The zero-order valence-electron chi connectivity index (χ0n) is 16.9. The largest absolute Gasteiger partial charge is 0.370 e. The van der Waals surface area contributed by atoms with Crippen LogP contribution in [0.25, 0.3) is 0 Å². The quantitative estimate of drug-likeness (QED) is 0.221. The van der Waals surface area contributed by atoms with Gasteiger partial charge in [0.25, 0.3) is 5.56 Å². The standard InChI is InChI=1S/C20H26N8OS/c1-13-6-7-14(10-24-13)9-15-11-25-19(27-17(15)29)23-8-4-2-3-5-16-12-30-20(26-16)28-18(21)22/h6-7,10-12H,2-5,8-9H2,1H3,(H4,21,22,26,28)(H2,23,25,27,29). The van der Waals surface area contributed by atoms with Crippen LogP contribution in [-0.2, 0) is 12.8 Å². The van der Waals surface area contributed by atoms with Crippen molar-refractivity contribution in [1.29, 1.82) is 0 Å². The number of nitrogens with two attached hydrogens (primary N) is 2. The number of aromatic nitrogens is 4. The second kappa shape index (κ2) is 10.5. The lowest BCUT2D eigenvalue weighted by Crippen LogP contribution is -2.21. The summed E-state index contributed by atoms with van der Waals surface area (Å²) >= 11 is 1.43. The van der Waals surface area contributed by atoms with Crippen LogP contribution in [0.1, 0.15) is 41.8 Å². The van der Waals surface area contributed by atoms with Gasteiger partial charge in [0.15, 0.2) is 5.96 Å². The van der Waals surface area contributed by atoms with Crippen LogP contribution in [0.3, 0.4) is 0 Å². The number of hydrogen-bond donors (Lipinski definition) is 4. The van der Waals surface area contributed by atoms with Gasteiger partial charge in [-0.2, -0.15) is 4.99 Å². The van der Waals surface area contributed by atoms with Crippen molar-refractivity contribution in [2.75, 3.05) is 11.9 Å². The van der Waals surface area contributed by atoms with Gasteiger partial charge in [0.2, 0.25) is 11.1 Å². The first kappa shape index (κ1) is 21.4. The molecule has 0 aliphatic carbocycles. The SMILES string of the molecule is Cc1ccc(Cc2cnc(NCCCCCc3csc(N=C(N)N)n3)[nH]c2=O)cn1. The number of rotatable bonds is 10. The van der Waals surface area contributed by atoms with E-state index in [1.807, 2.05) is 24.4 Å². The van der Waals surface area contributed by atoms with Crippen molar-refractivity contribution in [2.24, 2.45) is 16.5 Å². The first-order valence-corrected chi connectivity index (χ1v) is 10.6. The monoisotopic (exact) mass is 426 g/mol. The molecule has 3 rings (SSSR count). The van der Waals surface area contributed by atoms with Crippen molar-refractivity contribution < 1.29 is 0 Å². The lowest BCUT2D eigenvalue weighted by atomic mass is 10.1.